The smallest absolute Gasteiger partial charge is 0.171 e. The van der Waals surface area contributed by atoms with Crippen LogP contribution in [0.3, 0.4) is 0 Å². The fourth-order valence-electron chi connectivity index (χ4n) is 1.70. The highest BCUT2D eigenvalue weighted by Crippen LogP contribution is 2.34. The first-order valence-corrected chi connectivity index (χ1v) is 4.22. The number of allylic oxidation sites excluding steroid dienone is 1. The van der Waals surface area contributed by atoms with Crippen LogP contribution in [0.1, 0.15) is 17.1 Å². The van der Waals surface area contributed by atoms with Crippen LogP contribution < -0.4 is 11.1 Å². The Morgan fingerprint density at radius 1 is 1.62 bits per heavy atom. The molecule has 0 amide bonds. The molecule has 3 N–H and O–H groups in total. The molecule has 0 saturated heterocycles. The minimum atomic E-state index is -0.344. The predicted molar refractivity (Wildman–Crippen MR) is 50.6 cm³/mol. The second-order valence-corrected chi connectivity index (χ2v) is 3.15. The van der Waals surface area contributed by atoms with Crippen LogP contribution in [0.15, 0.2) is 15.5 Å². The van der Waals surface area contributed by atoms with E-state index in [1.54, 1.807) is 6.21 Å². The van der Waals surface area contributed by atoms with Gasteiger partial charge >= 0.3 is 0 Å². The lowest BCUT2D eigenvalue weighted by Crippen LogP contribution is -2.30. The Labute approximate surface area is 75.1 Å². The van der Waals surface area contributed by atoms with E-state index < -0.39 is 0 Å². The number of fused-ring (bicyclic) bond motifs is 3. The van der Waals surface area contributed by atoms with Gasteiger partial charge in [0.15, 0.2) is 12.0 Å². The molecule has 1 aliphatic carbocycles. The summed E-state index contributed by atoms with van der Waals surface area (Å²) in [7, 11) is 0. The molecule has 1 atom stereocenters. The average Bonchev–Trinajstić information content (AvgIpc) is 2.64. The van der Waals surface area contributed by atoms with Crippen molar-refractivity contribution in [2.75, 3.05) is 5.32 Å². The number of anilines is 1. The van der Waals surface area contributed by atoms with E-state index in [9.17, 15) is 0 Å². The number of rotatable bonds is 0. The van der Waals surface area contributed by atoms with Crippen molar-refractivity contribution >= 4 is 18.0 Å². The lowest BCUT2D eigenvalue weighted by Gasteiger charge is -2.14. The average molecular weight is 175 g/mol. The van der Waals surface area contributed by atoms with E-state index >= 15 is 0 Å². The second-order valence-electron chi connectivity index (χ2n) is 3.15. The molecule has 0 fully saturated rings. The normalized spacial score (nSPS) is 22.7. The zero-order chi connectivity index (χ0) is 8.84. The van der Waals surface area contributed by atoms with Gasteiger partial charge in [0.25, 0.3) is 0 Å². The Morgan fingerprint density at radius 3 is 3.46 bits per heavy atom. The standard InChI is InChI=1S/C9H9N3O/c10-9-11-4-7-8(12-9)5-2-1-3-6(5)13-7/h1-2,4,9,12H,3,10H2. The van der Waals surface area contributed by atoms with E-state index in [1.807, 2.05) is 0 Å². The van der Waals surface area contributed by atoms with E-state index in [1.165, 1.54) is 0 Å². The summed E-state index contributed by atoms with van der Waals surface area (Å²) in [5.74, 6) is 1.79. The van der Waals surface area contributed by atoms with Gasteiger partial charge in [0.05, 0.1) is 11.9 Å². The molecule has 1 aromatic rings. The van der Waals surface area contributed by atoms with Crippen molar-refractivity contribution < 1.29 is 4.42 Å². The summed E-state index contributed by atoms with van der Waals surface area (Å²) in [4.78, 5) is 4.01. The van der Waals surface area contributed by atoms with E-state index in [2.05, 4.69) is 22.5 Å². The Balaban J connectivity index is 2.19. The number of aliphatic imine (C=N–C) groups is 1. The van der Waals surface area contributed by atoms with Gasteiger partial charge in [-0.1, -0.05) is 12.2 Å². The Bertz CT molecular complexity index is 417. The van der Waals surface area contributed by atoms with E-state index in [0.29, 0.717) is 0 Å². The third kappa shape index (κ3) is 0.860. The van der Waals surface area contributed by atoms with Gasteiger partial charge in [0.2, 0.25) is 0 Å². The van der Waals surface area contributed by atoms with E-state index in [0.717, 1.165) is 29.2 Å². The molecule has 1 unspecified atom stereocenters. The highest BCUT2D eigenvalue weighted by atomic mass is 16.3. The molecule has 1 aromatic heterocycles. The zero-order valence-electron chi connectivity index (χ0n) is 6.95. The number of furan rings is 1. The highest BCUT2D eigenvalue weighted by Gasteiger charge is 2.22. The van der Waals surface area contributed by atoms with Gasteiger partial charge in [0.1, 0.15) is 5.76 Å². The third-order valence-electron chi connectivity index (χ3n) is 2.28. The fraction of sp³-hybridized carbons (Fsp3) is 0.222. The first-order chi connectivity index (χ1) is 6.34. The lowest BCUT2D eigenvalue weighted by atomic mass is 10.2. The van der Waals surface area contributed by atoms with Crippen molar-refractivity contribution in [3.05, 3.63) is 23.2 Å². The summed E-state index contributed by atoms with van der Waals surface area (Å²) in [6, 6.07) is 0. The van der Waals surface area contributed by atoms with Crippen LogP contribution in [-0.2, 0) is 6.42 Å². The molecule has 1 aliphatic heterocycles. The van der Waals surface area contributed by atoms with Crippen LogP contribution in [0.2, 0.25) is 0 Å². The summed E-state index contributed by atoms with van der Waals surface area (Å²) < 4.78 is 5.57. The van der Waals surface area contributed by atoms with Crippen molar-refractivity contribution in [2.24, 2.45) is 10.7 Å². The minimum absolute atomic E-state index is 0.344. The van der Waals surface area contributed by atoms with Gasteiger partial charge < -0.3 is 9.73 Å². The summed E-state index contributed by atoms with van der Waals surface area (Å²) in [6.07, 6.45) is 6.34. The SMILES string of the molecule is NC1N=Cc2oc3c(c2N1)C=CC3. The predicted octanol–water partition coefficient (Wildman–Crippen LogP) is 0.936. The molecule has 2 aliphatic rings. The van der Waals surface area contributed by atoms with Crippen LogP contribution in [-0.4, -0.2) is 12.5 Å². The lowest BCUT2D eigenvalue weighted by molar-refractivity contribution is 0.516. The Hall–Kier alpha value is -1.55. The van der Waals surface area contributed by atoms with Gasteiger partial charge in [-0.05, 0) is 0 Å². The van der Waals surface area contributed by atoms with Gasteiger partial charge in [-0.3, -0.25) is 10.7 Å². The molecule has 66 valence electrons. The Morgan fingerprint density at radius 2 is 2.54 bits per heavy atom. The summed E-state index contributed by atoms with van der Waals surface area (Å²) in [5, 5.41) is 3.08. The van der Waals surface area contributed by atoms with Crippen LogP contribution in [0, 0.1) is 0 Å². The van der Waals surface area contributed by atoms with Crippen molar-refractivity contribution in [2.45, 2.75) is 12.7 Å². The molecule has 4 heteroatoms. The summed E-state index contributed by atoms with van der Waals surface area (Å²) >= 11 is 0. The first-order valence-electron chi connectivity index (χ1n) is 4.22. The van der Waals surface area contributed by atoms with E-state index in [-0.39, 0.29) is 6.29 Å². The van der Waals surface area contributed by atoms with Crippen molar-refractivity contribution in [3.8, 4) is 0 Å². The minimum Gasteiger partial charge on any atom is -0.457 e. The number of hydrogen-bond acceptors (Lipinski definition) is 4. The van der Waals surface area contributed by atoms with Gasteiger partial charge in [-0.25, -0.2) is 0 Å². The molecule has 4 nitrogen and oxygen atoms in total. The molecule has 0 bridgehead atoms. The quantitative estimate of drug-likeness (QED) is 0.616. The molecule has 0 saturated carbocycles. The highest BCUT2D eigenvalue weighted by molar-refractivity contribution is 5.91. The van der Waals surface area contributed by atoms with Crippen LogP contribution in [0.25, 0.3) is 6.08 Å². The number of hydrogen-bond donors (Lipinski definition) is 2. The van der Waals surface area contributed by atoms with Crippen molar-refractivity contribution in [1.29, 1.82) is 0 Å². The van der Waals surface area contributed by atoms with Gasteiger partial charge in [0, 0.05) is 12.0 Å². The molecular formula is C9H9N3O. The number of nitrogens with one attached hydrogen (secondary N) is 1. The Kier molecular flexibility index (Phi) is 1.19. The first kappa shape index (κ1) is 6.91. The summed E-state index contributed by atoms with van der Waals surface area (Å²) in [6.45, 7) is 0. The maximum atomic E-state index is 5.63. The van der Waals surface area contributed by atoms with E-state index in [4.69, 9.17) is 10.2 Å². The van der Waals surface area contributed by atoms with Crippen LogP contribution in [0.5, 0.6) is 0 Å². The van der Waals surface area contributed by atoms with Crippen molar-refractivity contribution in [1.82, 2.24) is 0 Å². The third-order valence-corrected chi connectivity index (χ3v) is 2.28. The molecule has 13 heavy (non-hydrogen) atoms. The van der Waals surface area contributed by atoms with Crippen LogP contribution in [0.4, 0.5) is 5.69 Å². The van der Waals surface area contributed by atoms with Gasteiger partial charge in [-0.15, -0.1) is 0 Å². The monoisotopic (exact) mass is 175 g/mol. The number of nitrogens with zero attached hydrogens (tertiary/aromatic N) is 1. The van der Waals surface area contributed by atoms with Crippen LogP contribution >= 0.6 is 0 Å². The van der Waals surface area contributed by atoms with Gasteiger partial charge in [-0.2, -0.15) is 0 Å². The molecule has 3 rings (SSSR count). The summed E-state index contributed by atoms with van der Waals surface area (Å²) in [5.41, 5.74) is 7.73. The topological polar surface area (TPSA) is 63.5 Å². The zero-order valence-corrected chi connectivity index (χ0v) is 6.95. The maximum Gasteiger partial charge on any atom is 0.171 e. The molecule has 2 heterocycles. The molecule has 0 radical (unpaired) electrons. The maximum absolute atomic E-state index is 5.63. The largest absolute Gasteiger partial charge is 0.457 e. The number of nitrogens with two attached hydrogens (primary N) is 1. The molecule has 0 aromatic carbocycles. The fourth-order valence-corrected chi connectivity index (χ4v) is 1.70. The second kappa shape index (κ2) is 2.23. The molecular weight excluding hydrogens is 166 g/mol. The van der Waals surface area contributed by atoms with Crippen molar-refractivity contribution in [3.63, 3.8) is 0 Å². The molecule has 0 spiro atoms.